The van der Waals surface area contributed by atoms with Crippen LogP contribution < -0.4 is 0 Å². The third kappa shape index (κ3) is 2.36. The molecule has 0 atom stereocenters. The van der Waals surface area contributed by atoms with E-state index in [4.69, 9.17) is 5.26 Å². The van der Waals surface area contributed by atoms with E-state index in [0.717, 1.165) is 6.26 Å². The van der Waals surface area contributed by atoms with Gasteiger partial charge < -0.3 is 0 Å². The fourth-order valence-corrected chi connectivity index (χ4v) is 1.94. The second-order valence-corrected chi connectivity index (χ2v) is 5.57. The molecule has 0 spiro atoms. The molecule has 2 rings (SSSR count). The van der Waals surface area contributed by atoms with Gasteiger partial charge in [0.05, 0.1) is 17.5 Å². The van der Waals surface area contributed by atoms with Crippen LogP contribution in [0.5, 0.6) is 0 Å². The molecule has 1 aromatic carbocycles. The monoisotopic (exact) mass is 259 g/mol. The molecule has 0 aliphatic carbocycles. The fraction of sp³-hybridized carbons (Fsp3) is 0.0833. The molecule has 0 amide bonds. The van der Waals surface area contributed by atoms with Gasteiger partial charge in [0.1, 0.15) is 6.07 Å². The molecule has 0 saturated heterocycles. The van der Waals surface area contributed by atoms with Crippen molar-refractivity contribution in [3.63, 3.8) is 0 Å². The van der Waals surface area contributed by atoms with Gasteiger partial charge in [-0.2, -0.15) is 5.26 Å². The Kier molecular flexibility index (Phi) is 3.08. The molecule has 1 heterocycles. The van der Waals surface area contributed by atoms with E-state index in [1.165, 1.54) is 6.20 Å². The third-order valence-electron chi connectivity index (χ3n) is 2.27. The number of hydrogen-bond donors (Lipinski definition) is 0. The van der Waals surface area contributed by atoms with E-state index >= 15 is 0 Å². The van der Waals surface area contributed by atoms with Gasteiger partial charge in [0.15, 0.2) is 0 Å². The molecule has 18 heavy (non-hydrogen) atoms. The Morgan fingerprint density at radius 3 is 2.44 bits per heavy atom. The summed E-state index contributed by atoms with van der Waals surface area (Å²) in [5.74, 6) is 0. The van der Waals surface area contributed by atoms with Gasteiger partial charge in [-0.3, -0.25) is 0 Å². The number of rotatable bonds is 2. The van der Waals surface area contributed by atoms with Crippen LogP contribution in [0.3, 0.4) is 0 Å². The van der Waals surface area contributed by atoms with Gasteiger partial charge in [-0.1, -0.05) is 30.3 Å². The van der Waals surface area contributed by atoms with Gasteiger partial charge >= 0.3 is 0 Å². The van der Waals surface area contributed by atoms with Gasteiger partial charge in [0.25, 0.3) is 0 Å². The van der Waals surface area contributed by atoms with Crippen molar-refractivity contribution < 1.29 is 8.42 Å². The van der Waals surface area contributed by atoms with Crippen LogP contribution in [0.2, 0.25) is 0 Å². The lowest BCUT2D eigenvalue weighted by atomic mass is 10.1. The normalized spacial score (nSPS) is 10.9. The summed E-state index contributed by atoms with van der Waals surface area (Å²) in [4.78, 5) is 7.65. The first-order valence-corrected chi connectivity index (χ1v) is 6.94. The summed E-state index contributed by atoms with van der Waals surface area (Å²) in [7, 11) is -3.49. The lowest BCUT2D eigenvalue weighted by Crippen LogP contribution is -2.06. The molecule has 1 aromatic heterocycles. The molecule has 0 unspecified atom stereocenters. The molecular formula is C12H9N3O2S. The molecule has 0 bridgehead atoms. The number of aromatic nitrogens is 2. The summed E-state index contributed by atoms with van der Waals surface area (Å²) < 4.78 is 22.8. The standard InChI is InChI=1S/C12H9N3O2S/c1-18(16,17)12-14-8-10(7-13)11(15-12)9-5-3-2-4-6-9/h2-6,8H,1H3. The van der Waals surface area contributed by atoms with Crippen LogP contribution in [0.15, 0.2) is 41.7 Å². The van der Waals surface area contributed by atoms with Crippen molar-refractivity contribution in [1.29, 1.82) is 5.26 Å². The number of sulfone groups is 1. The van der Waals surface area contributed by atoms with Gasteiger partial charge in [-0.15, -0.1) is 0 Å². The second-order valence-electron chi connectivity index (χ2n) is 3.66. The largest absolute Gasteiger partial charge is 0.247 e. The quantitative estimate of drug-likeness (QED) is 0.761. The highest BCUT2D eigenvalue weighted by molar-refractivity contribution is 7.90. The predicted molar refractivity (Wildman–Crippen MR) is 65.3 cm³/mol. The van der Waals surface area contributed by atoms with Crippen LogP contribution in [0.1, 0.15) is 5.56 Å². The van der Waals surface area contributed by atoms with Crippen molar-refractivity contribution in [3.05, 3.63) is 42.1 Å². The first kappa shape index (κ1) is 12.2. The highest BCUT2D eigenvalue weighted by atomic mass is 32.2. The maximum atomic E-state index is 11.4. The Morgan fingerprint density at radius 1 is 1.22 bits per heavy atom. The minimum atomic E-state index is -3.49. The lowest BCUT2D eigenvalue weighted by molar-refractivity contribution is 0.593. The highest BCUT2D eigenvalue weighted by Gasteiger charge is 2.15. The molecule has 90 valence electrons. The average molecular weight is 259 g/mol. The van der Waals surface area contributed by atoms with Gasteiger partial charge in [-0.25, -0.2) is 18.4 Å². The Bertz CT molecular complexity index is 719. The first-order chi connectivity index (χ1) is 8.52. The number of nitrogens with zero attached hydrogens (tertiary/aromatic N) is 3. The predicted octanol–water partition coefficient (Wildman–Crippen LogP) is 1.42. The zero-order valence-corrected chi connectivity index (χ0v) is 10.3. The minimum Gasteiger partial charge on any atom is -0.225 e. The Balaban J connectivity index is 2.70. The highest BCUT2D eigenvalue weighted by Crippen LogP contribution is 2.21. The Labute approximate surface area is 105 Å². The van der Waals surface area contributed by atoms with E-state index in [9.17, 15) is 8.42 Å². The number of nitriles is 1. The van der Waals surface area contributed by atoms with Gasteiger partial charge in [0, 0.05) is 11.8 Å². The zero-order chi connectivity index (χ0) is 13.2. The Hall–Kier alpha value is -2.26. The topological polar surface area (TPSA) is 83.7 Å². The summed E-state index contributed by atoms with van der Waals surface area (Å²) in [6, 6.07) is 10.9. The van der Waals surface area contributed by atoms with Crippen molar-refractivity contribution in [3.8, 4) is 17.3 Å². The van der Waals surface area contributed by atoms with Crippen molar-refractivity contribution in [2.24, 2.45) is 0 Å². The van der Waals surface area contributed by atoms with Crippen molar-refractivity contribution in [2.75, 3.05) is 6.26 Å². The smallest absolute Gasteiger partial charge is 0.225 e. The molecule has 0 N–H and O–H groups in total. The van der Waals surface area contributed by atoms with Crippen molar-refractivity contribution >= 4 is 9.84 Å². The molecule has 5 nitrogen and oxygen atoms in total. The van der Waals surface area contributed by atoms with Crippen molar-refractivity contribution in [2.45, 2.75) is 5.16 Å². The van der Waals surface area contributed by atoms with Crippen LogP contribution in [-0.2, 0) is 9.84 Å². The summed E-state index contributed by atoms with van der Waals surface area (Å²) >= 11 is 0. The summed E-state index contributed by atoms with van der Waals surface area (Å²) in [5, 5.41) is 8.72. The van der Waals surface area contributed by atoms with Crippen LogP contribution in [0, 0.1) is 11.3 Å². The van der Waals surface area contributed by atoms with E-state index in [1.54, 1.807) is 24.3 Å². The zero-order valence-electron chi connectivity index (χ0n) is 9.53. The fourth-order valence-electron chi connectivity index (χ4n) is 1.44. The molecule has 0 aliphatic rings. The SMILES string of the molecule is CS(=O)(=O)c1ncc(C#N)c(-c2ccccc2)n1. The third-order valence-corrected chi connectivity index (χ3v) is 3.13. The van der Waals surface area contributed by atoms with E-state index in [1.807, 2.05) is 12.1 Å². The molecule has 2 aromatic rings. The summed E-state index contributed by atoms with van der Waals surface area (Å²) in [6.07, 6.45) is 2.26. The van der Waals surface area contributed by atoms with Crippen LogP contribution in [0.25, 0.3) is 11.3 Å². The number of benzene rings is 1. The second kappa shape index (κ2) is 4.55. The van der Waals surface area contributed by atoms with E-state index in [0.29, 0.717) is 11.3 Å². The number of hydrogen-bond acceptors (Lipinski definition) is 5. The maximum absolute atomic E-state index is 11.4. The van der Waals surface area contributed by atoms with Gasteiger partial charge in [-0.05, 0) is 0 Å². The van der Waals surface area contributed by atoms with Crippen LogP contribution in [-0.4, -0.2) is 24.6 Å². The molecular weight excluding hydrogens is 250 g/mol. The maximum Gasteiger partial charge on any atom is 0.247 e. The van der Waals surface area contributed by atoms with E-state index in [-0.39, 0.29) is 10.7 Å². The van der Waals surface area contributed by atoms with Crippen molar-refractivity contribution in [1.82, 2.24) is 9.97 Å². The Morgan fingerprint density at radius 2 is 1.89 bits per heavy atom. The molecule has 0 fully saturated rings. The average Bonchev–Trinajstić information content (AvgIpc) is 2.38. The van der Waals surface area contributed by atoms with Crippen LogP contribution >= 0.6 is 0 Å². The van der Waals surface area contributed by atoms with Crippen LogP contribution in [0.4, 0.5) is 0 Å². The summed E-state index contributed by atoms with van der Waals surface area (Å²) in [5.41, 5.74) is 1.25. The minimum absolute atomic E-state index is 0.244. The molecule has 6 heteroatoms. The molecule has 0 aliphatic heterocycles. The molecule has 0 saturated carbocycles. The summed E-state index contributed by atoms with van der Waals surface area (Å²) in [6.45, 7) is 0. The van der Waals surface area contributed by atoms with E-state index < -0.39 is 9.84 Å². The first-order valence-electron chi connectivity index (χ1n) is 5.05. The lowest BCUT2D eigenvalue weighted by Gasteiger charge is -2.04. The van der Waals surface area contributed by atoms with E-state index in [2.05, 4.69) is 9.97 Å². The van der Waals surface area contributed by atoms with Gasteiger partial charge in [0.2, 0.25) is 15.0 Å². The molecule has 0 radical (unpaired) electrons.